The number of ether oxygens (including phenoxy) is 1. The largest absolute Gasteiger partial charge is 0.452 e. The van der Waals surface area contributed by atoms with Crippen molar-refractivity contribution in [2.24, 2.45) is 0 Å². The van der Waals surface area contributed by atoms with Crippen LogP contribution in [0.4, 0.5) is 11.4 Å². The molecule has 0 saturated carbocycles. The van der Waals surface area contributed by atoms with E-state index >= 15 is 0 Å². The van der Waals surface area contributed by atoms with E-state index in [4.69, 9.17) is 4.74 Å². The predicted molar refractivity (Wildman–Crippen MR) is 102 cm³/mol. The molecule has 2 amide bonds. The predicted octanol–water partition coefficient (Wildman–Crippen LogP) is 2.47. The van der Waals surface area contributed by atoms with E-state index in [0.717, 1.165) is 4.96 Å². The number of hydrogen-bond donors (Lipinski definition) is 2. The molecule has 1 unspecified atom stereocenters. The molecule has 0 aliphatic carbocycles. The smallest absolute Gasteiger partial charge is 0.312 e. The van der Waals surface area contributed by atoms with Gasteiger partial charge in [0, 0.05) is 36.1 Å². The monoisotopic (exact) mass is 386 g/mol. The number of benzene rings is 1. The van der Waals surface area contributed by atoms with Gasteiger partial charge < -0.3 is 15.4 Å². The van der Waals surface area contributed by atoms with Crippen molar-refractivity contribution in [2.45, 2.75) is 26.4 Å². The number of thiazole rings is 1. The highest BCUT2D eigenvalue weighted by molar-refractivity contribution is 7.15. The van der Waals surface area contributed by atoms with Crippen molar-refractivity contribution in [3.8, 4) is 0 Å². The van der Waals surface area contributed by atoms with Gasteiger partial charge in [0.15, 0.2) is 11.1 Å². The summed E-state index contributed by atoms with van der Waals surface area (Å²) >= 11 is 1.47. The number of carbonyl (C=O) groups excluding carboxylic acids is 3. The Balaban J connectivity index is 1.51. The van der Waals surface area contributed by atoms with E-state index in [-0.39, 0.29) is 12.3 Å². The summed E-state index contributed by atoms with van der Waals surface area (Å²) in [4.78, 5) is 40.3. The zero-order valence-corrected chi connectivity index (χ0v) is 15.6. The molecule has 0 fully saturated rings. The molecule has 9 heteroatoms. The van der Waals surface area contributed by atoms with E-state index in [1.54, 1.807) is 30.5 Å². The van der Waals surface area contributed by atoms with Crippen LogP contribution in [0.3, 0.4) is 0 Å². The summed E-state index contributed by atoms with van der Waals surface area (Å²) in [5.74, 6) is -1.14. The van der Waals surface area contributed by atoms with Crippen LogP contribution in [0.2, 0.25) is 0 Å². The molecule has 3 aromatic rings. The summed E-state index contributed by atoms with van der Waals surface area (Å²) in [7, 11) is 0. The average Bonchev–Trinajstić information content (AvgIpc) is 3.17. The van der Waals surface area contributed by atoms with E-state index < -0.39 is 18.0 Å². The van der Waals surface area contributed by atoms with Crippen molar-refractivity contribution in [2.75, 3.05) is 10.6 Å². The van der Waals surface area contributed by atoms with Crippen molar-refractivity contribution in [3.05, 3.63) is 47.7 Å². The molecule has 0 radical (unpaired) electrons. The number of nitrogens with zero attached hydrogens (tertiary/aromatic N) is 2. The van der Waals surface area contributed by atoms with Gasteiger partial charge in [-0.3, -0.25) is 18.8 Å². The minimum atomic E-state index is -0.948. The van der Waals surface area contributed by atoms with Crippen LogP contribution in [0.25, 0.3) is 4.96 Å². The summed E-state index contributed by atoms with van der Waals surface area (Å²) in [5, 5.41) is 7.20. The first kappa shape index (κ1) is 18.6. The first-order valence-corrected chi connectivity index (χ1v) is 9.08. The minimum absolute atomic E-state index is 0.00255. The number of fused-ring (bicyclic) bond motifs is 1. The molecular weight excluding hydrogens is 368 g/mol. The van der Waals surface area contributed by atoms with Gasteiger partial charge in [0.25, 0.3) is 5.91 Å². The zero-order valence-electron chi connectivity index (χ0n) is 14.8. The summed E-state index contributed by atoms with van der Waals surface area (Å²) < 4.78 is 7.01. The Morgan fingerprint density at radius 1 is 1.19 bits per heavy atom. The van der Waals surface area contributed by atoms with Gasteiger partial charge in [0.1, 0.15) is 0 Å². The third-order valence-electron chi connectivity index (χ3n) is 3.62. The Kier molecular flexibility index (Phi) is 5.51. The van der Waals surface area contributed by atoms with Crippen LogP contribution in [0.15, 0.2) is 42.0 Å². The molecule has 3 rings (SSSR count). The van der Waals surface area contributed by atoms with Gasteiger partial charge >= 0.3 is 5.97 Å². The lowest BCUT2D eigenvalue weighted by Gasteiger charge is -2.13. The number of amides is 2. The van der Waals surface area contributed by atoms with Gasteiger partial charge in [0.2, 0.25) is 5.91 Å². The van der Waals surface area contributed by atoms with Crippen molar-refractivity contribution in [3.63, 3.8) is 0 Å². The van der Waals surface area contributed by atoms with Crippen molar-refractivity contribution in [1.29, 1.82) is 0 Å². The van der Waals surface area contributed by atoms with E-state index in [9.17, 15) is 14.4 Å². The van der Waals surface area contributed by atoms with E-state index in [1.807, 2.05) is 16.0 Å². The molecule has 0 spiro atoms. The Morgan fingerprint density at radius 2 is 1.85 bits per heavy atom. The molecular formula is C18H18N4O4S. The summed E-state index contributed by atoms with van der Waals surface area (Å²) in [5.41, 5.74) is 1.75. The van der Waals surface area contributed by atoms with Crippen molar-refractivity contribution in [1.82, 2.24) is 9.38 Å². The van der Waals surface area contributed by atoms with Gasteiger partial charge in [-0.2, -0.15) is 0 Å². The summed E-state index contributed by atoms with van der Waals surface area (Å²) in [6, 6.07) is 6.63. The number of carbonyl (C=O) groups is 3. The summed E-state index contributed by atoms with van der Waals surface area (Å²) in [6.07, 6.45) is 2.66. The van der Waals surface area contributed by atoms with Gasteiger partial charge in [-0.15, -0.1) is 11.3 Å². The quantitative estimate of drug-likeness (QED) is 0.634. The highest BCUT2D eigenvalue weighted by Crippen LogP contribution is 2.15. The molecule has 2 aromatic heterocycles. The molecule has 0 aliphatic rings. The van der Waals surface area contributed by atoms with Crippen LogP contribution in [0.5, 0.6) is 0 Å². The van der Waals surface area contributed by atoms with Crippen LogP contribution in [0.1, 0.15) is 19.5 Å². The summed E-state index contributed by atoms with van der Waals surface area (Å²) in [6.45, 7) is 2.92. The first-order valence-electron chi connectivity index (χ1n) is 8.20. The van der Waals surface area contributed by atoms with E-state index in [2.05, 4.69) is 15.6 Å². The maximum absolute atomic E-state index is 12.2. The van der Waals surface area contributed by atoms with Crippen molar-refractivity contribution < 1.29 is 19.1 Å². The van der Waals surface area contributed by atoms with Crippen LogP contribution in [-0.4, -0.2) is 33.3 Å². The Morgan fingerprint density at radius 3 is 2.48 bits per heavy atom. The Labute approximate surface area is 159 Å². The van der Waals surface area contributed by atoms with Gasteiger partial charge in [0.05, 0.1) is 12.1 Å². The second-order valence-electron chi connectivity index (χ2n) is 5.88. The molecule has 27 heavy (non-hydrogen) atoms. The lowest BCUT2D eigenvalue weighted by atomic mass is 10.2. The number of rotatable bonds is 6. The van der Waals surface area contributed by atoms with E-state index in [0.29, 0.717) is 17.1 Å². The topological polar surface area (TPSA) is 102 Å². The number of esters is 1. The SMILES string of the molecule is CC(=O)Nc1ccc(NC(=O)C(C)OC(=O)Cc2cn3ccsc3n2)cc1. The third-order valence-corrected chi connectivity index (χ3v) is 4.39. The fraction of sp³-hybridized carbons (Fsp3) is 0.222. The molecule has 0 saturated heterocycles. The maximum atomic E-state index is 12.2. The molecule has 140 valence electrons. The Bertz CT molecular complexity index is 948. The highest BCUT2D eigenvalue weighted by atomic mass is 32.1. The molecule has 0 bridgehead atoms. The lowest BCUT2D eigenvalue weighted by molar-refractivity contribution is -0.152. The van der Waals surface area contributed by atoms with Crippen LogP contribution < -0.4 is 10.6 Å². The molecule has 8 nitrogen and oxygen atoms in total. The zero-order chi connectivity index (χ0) is 19.4. The van der Waals surface area contributed by atoms with Gasteiger partial charge in [-0.25, -0.2) is 4.98 Å². The fourth-order valence-electron chi connectivity index (χ4n) is 2.39. The molecule has 1 atom stereocenters. The first-order chi connectivity index (χ1) is 12.9. The third kappa shape index (κ3) is 4.91. The fourth-order valence-corrected chi connectivity index (χ4v) is 3.10. The molecule has 0 aliphatic heterocycles. The maximum Gasteiger partial charge on any atom is 0.312 e. The van der Waals surface area contributed by atoms with Crippen LogP contribution >= 0.6 is 11.3 Å². The normalized spacial score (nSPS) is 11.8. The molecule has 1 aromatic carbocycles. The molecule has 2 N–H and O–H groups in total. The molecule has 2 heterocycles. The average molecular weight is 386 g/mol. The second-order valence-corrected chi connectivity index (χ2v) is 6.75. The number of hydrogen-bond acceptors (Lipinski definition) is 6. The van der Waals surface area contributed by atoms with Crippen LogP contribution in [-0.2, 0) is 25.5 Å². The Hall–Kier alpha value is -3.20. The number of imidazole rings is 1. The van der Waals surface area contributed by atoms with E-state index in [1.165, 1.54) is 25.2 Å². The lowest BCUT2D eigenvalue weighted by Crippen LogP contribution is -2.30. The standard InChI is InChI=1S/C18H18N4O4S/c1-11(17(25)20-14-5-3-13(4-6-14)19-12(2)23)26-16(24)9-15-10-22-7-8-27-18(22)21-15/h3-8,10-11H,9H2,1-2H3,(H,19,23)(H,20,25). The number of nitrogens with one attached hydrogen (secondary N) is 2. The second kappa shape index (κ2) is 8.00. The van der Waals surface area contributed by atoms with Crippen molar-refractivity contribution >= 4 is 45.5 Å². The highest BCUT2D eigenvalue weighted by Gasteiger charge is 2.19. The van der Waals surface area contributed by atoms with Gasteiger partial charge in [-0.1, -0.05) is 0 Å². The number of anilines is 2. The van der Waals surface area contributed by atoms with Gasteiger partial charge in [-0.05, 0) is 31.2 Å². The minimum Gasteiger partial charge on any atom is -0.452 e. The number of aromatic nitrogens is 2. The van der Waals surface area contributed by atoms with Crippen LogP contribution in [0, 0.1) is 0 Å².